The molecular weight excluding hydrogens is 306 g/mol. The molecule has 1 aromatic heterocycles. The number of nitrogens with one attached hydrogen (secondary N) is 1. The van der Waals surface area contributed by atoms with E-state index in [-0.39, 0.29) is 12.5 Å². The van der Waals surface area contributed by atoms with E-state index in [0.29, 0.717) is 17.9 Å². The van der Waals surface area contributed by atoms with Crippen LogP contribution in [0.4, 0.5) is 0 Å². The van der Waals surface area contributed by atoms with Crippen LogP contribution >= 0.6 is 0 Å². The van der Waals surface area contributed by atoms with Gasteiger partial charge in [-0.25, -0.2) is 9.67 Å². The zero-order valence-corrected chi connectivity index (χ0v) is 14.9. The summed E-state index contributed by atoms with van der Waals surface area (Å²) in [6.07, 6.45) is 0. The van der Waals surface area contributed by atoms with Gasteiger partial charge in [0.1, 0.15) is 11.6 Å². The minimum Gasteiger partial charge on any atom is -0.387 e. The largest absolute Gasteiger partial charge is 0.387 e. The molecule has 7 nitrogen and oxygen atoms in total. The van der Waals surface area contributed by atoms with E-state index in [0.717, 1.165) is 11.5 Å². The van der Waals surface area contributed by atoms with Crippen LogP contribution in [-0.2, 0) is 0 Å². The van der Waals surface area contributed by atoms with Crippen molar-refractivity contribution in [2.45, 2.75) is 26.4 Å². The molecule has 0 spiro atoms. The highest BCUT2D eigenvalue weighted by Crippen LogP contribution is 2.11. The Morgan fingerprint density at radius 3 is 2.42 bits per heavy atom. The average Bonchev–Trinajstić information content (AvgIpc) is 2.82. The number of nitrogens with zero attached hydrogens (tertiary/aromatic N) is 4. The molecule has 0 bridgehead atoms. The Hall–Kier alpha value is -2.25. The number of benzene rings is 1. The number of amides is 1. The molecule has 7 heteroatoms. The third-order valence-corrected chi connectivity index (χ3v) is 3.54. The van der Waals surface area contributed by atoms with Crippen molar-refractivity contribution < 1.29 is 9.90 Å². The standard InChI is InChI=1S/C17H25N5O2/c1-12-19-13(2)22(20-12)15-8-6-14(7-9-15)16(23)18-10-17(3,24)11-21(4)5/h6-9,24H,10-11H2,1-5H3,(H,18,23). The van der Waals surface area contributed by atoms with Gasteiger partial charge in [0, 0.05) is 18.7 Å². The van der Waals surface area contributed by atoms with Crippen LogP contribution in [0.2, 0.25) is 0 Å². The summed E-state index contributed by atoms with van der Waals surface area (Å²) in [7, 11) is 3.76. The van der Waals surface area contributed by atoms with Crippen LogP contribution in [-0.4, -0.2) is 63.5 Å². The maximum absolute atomic E-state index is 12.2. The molecular formula is C17H25N5O2. The molecule has 2 rings (SSSR count). The van der Waals surface area contributed by atoms with Crippen LogP contribution in [0.25, 0.3) is 5.69 Å². The number of aryl methyl sites for hydroxylation is 2. The van der Waals surface area contributed by atoms with Gasteiger partial charge in [0.15, 0.2) is 0 Å². The van der Waals surface area contributed by atoms with Gasteiger partial charge in [-0.2, -0.15) is 5.10 Å². The van der Waals surface area contributed by atoms with Gasteiger partial charge in [-0.05, 0) is 59.1 Å². The molecule has 130 valence electrons. The van der Waals surface area contributed by atoms with E-state index >= 15 is 0 Å². The smallest absolute Gasteiger partial charge is 0.251 e. The molecule has 1 heterocycles. The van der Waals surface area contributed by atoms with Crippen molar-refractivity contribution in [1.29, 1.82) is 0 Å². The fourth-order valence-corrected chi connectivity index (χ4v) is 2.63. The van der Waals surface area contributed by atoms with Gasteiger partial charge in [-0.1, -0.05) is 0 Å². The maximum atomic E-state index is 12.2. The predicted molar refractivity (Wildman–Crippen MR) is 92.3 cm³/mol. The number of likely N-dealkylation sites (N-methyl/N-ethyl adjacent to an activating group) is 1. The van der Waals surface area contributed by atoms with Crippen molar-refractivity contribution in [3.63, 3.8) is 0 Å². The molecule has 1 aromatic carbocycles. The summed E-state index contributed by atoms with van der Waals surface area (Å²) < 4.78 is 1.74. The van der Waals surface area contributed by atoms with Gasteiger partial charge in [0.25, 0.3) is 5.91 Å². The number of aliphatic hydroxyl groups is 1. The SMILES string of the molecule is Cc1nc(C)n(-c2ccc(C(=O)NCC(C)(O)CN(C)C)cc2)n1. The lowest BCUT2D eigenvalue weighted by molar-refractivity contribution is 0.0326. The van der Waals surface area contributed by atoms with Crippen LogP contribution in [0.1, 0.15) is 28.9 Å². The first kappa shape index (κ1) is 18.1. The highest BCUT2D eigenvalue weighted by atomic mass is 16.3. The van der Waals surface area contributed by atoms with Crippen LogP contribution < -0.4 is 5.32 Å². The summed E-state index contributed by atoms with van der Waals surface area (Å²) in [5.74, 6) is 1.29. The van der Waals surface area contributed by atoms with Crippen LogP contribution in [0.15, 0.2) is 24.3 Å². The molecule has 2 N–H and O–H groups in total. The first-order valence-electron chi connectivity index (χ1n) is 7.84. The van der Waals surface area contributed by atoms with Crippen LogP contribution in [0.5, 0.6) is 0 Å². The van der Waals surface area contributed by atoms with Crippen molar-refractivity contribution in [3.8, 4) is 5.69 Å². The number of aromatic nitrogens is 3. The summed E-state index contributed by atoms with van der Waals surface area (Å²) in [5, 5.41) is 17.3. The molecule has 1 amide bonds. The Kier molecular flexibility index (Phi) is 5.36. The average molecular weight is 331 g/mol. The van der Waals surface area contributed by atoms with E-state index in [1.807, 2.05) is 45.0 Å². The summed E-state index contributed by atoms with van der Waals surface area (Å²) >= 11 is 0. The van der Waals surface area contributed by atoms with Gasteiger partial charge >= 0.3 is 0 Å². The predicted octanol–water partition coefficient (Wildman–Crippen LogP) is 0.927. The second-order valence-electron chi connectivity index (χ2n) is 6.58. The molecule has 0 aliphatic heterocycles. The number of hydrogen-bond acceptors (Lipinski definition) is 5. The highest BCUT2D eigenvalue weighted by molar-refractivity contribution is 5.94. The van der Waals surface area contributed by atoms with Crippen molar-refractivity contribution >= 4 is 5.91 Å². The van der Waals surface area contributed by atoms with Crippen LogP contribution in [0, 0.1) is 13.8 Å². The summed E-state index contributed by atoms with van der Waals surface area (Å²) in [4.78, 5) is 18.4. The molecule has 1 atom stereocenters. The molecule has 0 aliphatic carbocycles. The van der Waals surface area contributed by atoms with Crippen molar-refractivity contribution in [1.82, 2.24) is 25.0 Å². The summed E-state index contributed by atoms with van der Waals surface area (Å²) in [6.45, 7) is 6.08. The molecule has 0 aliphatic rings. The molecule has 0 saturated carbocycles. The lowest BCUT2D eigenvalue weighted by Gasteiger charge is -2.27. The normalized spacial score (nSPS) is 13.8. The van der Waals surface area contributed by atoms with Gasteiger partial charge < -0.3 is 15.3 Å². The fraction of sp³-hybridized carbons (Fsp3) is 0.471. The van der Waals surface area contributed by atoms with E-state index in [1.54, 1.807) is 23.7 Å². The highest BCUT2D eigenvalue weighted by Gasteiger charge is 2.22. The summed E-state index contributed by atoms with van der Waals surface area (Å²) in [5.41, 5.74) is 0.409. The minimum atomic E-state index is -0.978. The van der Waals surface area contributed by atoms with Crippen molar-refractivity contribution in [2.24, 2.45) is 0 Å². The van der Waals surface area contributed by atoms with Crippen LogP contribution in [0.3, 0.4) is 0 Å². The van der Waals surface area contributed by atoms with E-state index in [1.165, 1.54) is 0 Å². The first-order valence-corrected chi connectivity index (χ1v) is 7.84. The van der Waals surface area contributed by atoms with E-state index < -0.39 is 5.60 Å². The monoisotopic (exact) mass is 331 g/mol. The quantitative estimate of drug-likeness (QED) is 0.823. The molecule has 24 heavy (non-hydrogen) atoms. The zero-order valence-electron chi connectivity index (χ0n) is 14.9. The second kappa shape index (κ2) is 7.11. The Morgan fingerprint density at radius 1 is 1.29 bits per heavy atom. The van der Waals surface area contributed by atoms with Crippen molar-refractivity contribution in [2.75, 3.05) is 27.2 Å². The van der Waals surface area contributed by atoms with E-state index in [4.69, 9.17) is 0 Å². The van der Waals surface area contributed by atoms with Gasteiger partial charge in [-0.3, -0.25) is 4.79 Å². The number of carbonyl (C=O) groups is 1. The third kappa shape index (κ3) is 4.62. The van der Waals surface area contributed by atoms with Gasteiger partial charge in [0.05, 0.1) is 11.3 Å². The summed E-state index contributed by atoms with van der Waals surface area (Å²) in [6, 6.07) is 7.13. The Labute approximate surface area is 142 Å². The molecule has 0 fully saturated rings. The Bertz CT molecular complexity index is 704. The lowest BCUT2D eigenvalue weighted by atomic mass is 10.1. The number of rotatable bonds is 6. The van der Waals surface area contributed by atoms with E-state index in [2.05, 4.69) is 15.4 Å². The Balaban J connectivity index is 2.03. The topological polar surface area (TPSA) is 83.3 Å². The minimum absolute atomic E-state index is 0.188. The van der Waals surface area contributed by atoms with E-state index in [9.17, 15) is 9.90 Å². The first-order chi connectivity index (χ1) is 11.2. The van der Waals surface area contributed by atoms with Gasteiger partial charge in [0.2, 0.25) is 0 Å². The maximum Gasteiger partial charge on any atom is 0.251 e. The zero-order chi connectivity index (χ0) is 17.9. The molecule has 2 aromatic rings. The molecule has 0 radical (unpaired) electrons. The third-order valence-electron chi connectivity index (χ3n) is 3.54. The molecule has 0 saturated heterocycles. The number of carbonyl (C=O) groups excluding carboxylic acids is 1. The lowest BCUT2D eigenvalue weighted by Crippen LogP contribution is -2.47. The Morgan fingerprint density at radius 2 is 1.92 bits per heavy atom. The number of hydrogen-bond donors (Lipinski definition) is 2. The fourth-order valence-electron chi connectivity index (χ4n) is 2.63. The van der Waals surface area contributed by atoms with Gasteiger partial charge in [-0.15, -0.1) is 0 Å². The molecule has 1 unspecified atom stereocenters. The second-order valence-corrected chi connectivity index (χ2v) is 6.58. The van der Waals surface area contributed by atoms with Crippen molar-refractivity contribution in [3.05, 3.63) is 41.5 Å².